The van der Waals surface area contributed by atoms with Crippen molar-refractivity contribution in [3.63, 3.8) is 0 Å². The molecule has 32 heavy (non-hydrogen) atoms. The molecule has 0 atom stereocenters. The fraction of sp³-hybridized carbons (Fsp3) is 0.0800. The van der Waals surface area contributed by atoms with Crippen LogP contribution in [0.2, 0.25) is 0 Å². The number of anilines is 1. The Kier molecular flexibility index (Phi) is 7.37. The second-order valence-corrected chi connectivity index (χ2v) is 7.12. The average molecular weight is 428 g/mol. The van der Waals surface area contributed by atoms with Gasteiger partial charge in [0.25, 0.3) is 11.8 Å². The molecule has 3 aromatic rings. The zero-order chi connectivity index (χ0) is 22.9. The number of carbonyl (C=O) groups is 2. The van der Waals surface area contributed by atoms with Gasteiger partial charge in [-0.05, 0) is 48.0 Å². The first-order chi connectivity index (χ1) is 15.4. The Morgan fingerprint density at radius 3 is 2.22 bits per heavy atom. The molecule has 0 saturated heterocycles. The van der Waals surface area contributed by atoms with Crippen LogP contribution in [-0.2, 0) is 4.79 Å². The standard InChI is InChI=1S/C25H24N4O3/c1-29(2)21-14-12-18(13-15-21)16-22(27-24(31)19-8-4-3-5-9-19)25(32)28-26-17-20-10-6-7-11-23(20)30/h3-17,30H,1-2H3,(H,27,31)(H,28,32)/b22-16-,26-17+. The lowest BCUT2D eigenvalue weighted by Crippen LogP contribution is -2.32. The van der Waals surface area contributed by atoms with Gasteiger partial charge in [0.15, 0.2) is 0 Å². The van der Waals surface area contributed by atoms with E-state index in [-0.39, 0.29) is 11.4 Å². The predicted molar refractivity (Wildman–Crippen MR) is 126 cm³/mol. The van der Waals surface area contributed by atoms with E-state index in [0.717, 1.165) is 11.3 Å². The van der Waals surface area contributed by atoms with Gasteiger partial charge in [-0.15, -0.1) is 0 Å². The largest absolute Gasteiger partial charge is 0.507 e. The summed E-state index contributed by atoms with van der Waals surface area (Å²) in [5.41, 5.74) is 5.04. The van der Waals surface area contributed by atoms with Gasteiger partial charge in [-0.1, -0.05) is 42.5 Å². The predicted octanol–water partition coefficient (Wildman–Crippen LogP) is 3.38. The number of amides is 2. The lowest BCUT2D eigenvalue weighted by Gasteiger charge is -2.12. The average Bonchev–Trinajstić information content (AvgIpc) is 2.80. The second kappa shape index (κ2) is 10.6. The van der Waals surface area contributed by atoms with Crippen LogP contribution in [0.1, 0.15) is 21.5 Å². The molecule has 0 aliphatic carbocycles. The van der Waals surface area contributed by atoms with Crippen LogP contribution in [0, 0.1) is 0 Å². The summed E-state index contributed by atoms with van der Waals surface area (Å²) < 4.78 is 0. The van der Waals surface area contributed by atoms with Crippen molar-refractivity contribution in [2.45, 2.75) is 0 Å². The van der Waals surface area contributed by atoms with Gasteiger partial charge in [0, 0.05) is 30.9 Å². The second-order valence-electron chi connectivity index (χ2n) is 7.12. The zero-order valence-electron chi connectivity index (χ0n) is 17.8. The lowest BCUT2D eigenvalue weighted by molar-refractivity contribution is -0.117. The first kappa shape index (κ1) is 22.3. The van der Waals surface area contributed by atoms with Gasteiger partial charge in [0.05, 0.1) is 6.21 Å². The van der Waals surface area contributed by atoms with Crippen molar-refractivity contribution < 1.29 is 14.7 Å². The highest BCUT2D eigenvalue weighted by molar-refractivity contribution is 6.05. The van der Waals surface area contributed by atoms with Crippen LogP contribution < -0.4 is 15.6 Å². The number of hydrogen-bond acceptors (Lipinski definition) is 5. The molecule has 0 saturated carbocycles. The summed E-state index contributed by atoms with van der Waals surface area (Å²) in [6.07, 6.45) is 2.90. The molecule has 0 heterocycles. The number of hydrogen-bond donors (Lipinski definition) is 3. The lowest BCUT2D eigenvalue weighted by atomic mass is 10.1. The third-order valence-corrected chi connectivity index (χ3v) is 4.56. The minimum atomic E-state index is -0.599. The molecule has 3 rings (SSSR count). The molecule has 0 aliphatic rings. The molecule has 0 aromatic heterocycles. The zero-order valence-corrected chi connectivity index (χ0v) is 17.8. The maximum absolute atomic E-state index is 12.8. The van der Waals surface area contributed by atoms with Gasteiger partial charge < -0.3 is 15.3 Å². The van der Waals surface area contributed by atoms with Crippen molar-refractivity contribution in [2.24, 2.45) is 5.10 Å². The van der Waals surface area contributed by atoms with Crippen molar-refractivity contribution in [3.8, 4) is 5.75 Å². The highest BCUT2D eigenvalue weighted by atomic mass is 16.3. The molecule has 7 heteroatoms. The third kappa shape index (κ3) is 6.06. The first-order valence-corrected chi connectivity index (χ1v) is 9.91. The molecule has 0 aliphatic heterocycles. The maximum Gasteiger partial charge on any atom is 0.287 e. The molecule has 3 N–H and O–H groups in total. The minimum absolute atomic E-state index is 0.0332. The van der Waals surface area contributed by atoms with Crippen molar-refractivity contribution in [2.75, 3.05) is 19.0 Å². The van der Waals surface area contributed by atoms with E-state index in [1.165, 1.54) is 12.3 Å². The molecule has 2 amide bonds. The van der Waals surface area contributed by atoms with E-state index in [1.54, 1.807) is 54.6 Å². The summed E-state index contributed by atoms with van der Waals surface area (Å²) in [7, 11) is 3.87. The van der Waals surface area contributed by atoms with Gasteiger partial charge in [0.2, 0.25) is 0 Å². The Labute approximate surface area is 186 Å². The van der Waals surface area contributed by atoms with E-state index in [2.05, 4.69) is 15.8 Å². The number of rotatable bonds is 7. The molecule has 162 valence electrons. The molecule has 3 aromatic carbocycles. The molecule has 7 nitrogen and oxygen atoms in total. The molecule has 0 fully saturated rings. The van der Waals surface area contributed by atoms with Gasteiger partial charge in [-0.25, -0.2) is 5.43 Å². The third-order valence-electron chi connectivity index (χ3n) is 4.56. The quantitative estimate of drug-likeness (QED) is 0.306. The summed E-state index contributed by atoms with van der Waals surface area (Å²) in [4.78, 5) is 27.4. The highest BCUT2D eigenvalue weighted by Crippen LogP contribution is 2.15. The number of hydrazone groups is 1. The fourth-order valence-corrected chi connectivity index (χ4v) is 2.80. The normalized spacial score (nSPS) is 11.2. The van der Waals surface area contributed by atoms with Crippen LogP contribution in [-0.4, -0.2) is 37.2 Å². The maximum atomic E-state index is 12.8. The number of aromatic hydroxyl groups is 1. The SMILES string of the molecule is CN(C)c1ccc(/C=C(\NC(=O)c2ccccc2)C(=O)N/N=C/c2ccccc2O)cc1. The fourth-order valence-electron chi connectivity index (χ4n) is 2.80. The summed E-state index contributed by atoms with van der Waals surface area (Å²) in [6.45, 7) is 0. The minimum Gasteiger partial charge on any atom is -0.507 e. The molecule has 0 bridgehead atoms. The number of para-hydroxylation sites is 1. The van der Waals surface area contributed by atoms with E-state index in [9.17, 15) is 14.7 Å². The van der Waals surface area contributed by atoms with E-state index in [4.69, 9.17) is 0 Å². The van der Waals surface area contributed by atoms with E-state index in [0.29, 0.717) is 11.1 Å². The molecule has 0 radical (unpaired) electrons. The van der Waals surface area contributed by atoms with Crippen LogP contribution in [0.15, 0.2) is 89.7 Å². The van der Waals surface area contributed by atoms with E-state index in [1.807, 2.05) is 43.3 Å². The Bertz CT molecular complexity index is 1140. The van der Waals surface area contributed by atoms with E-state index < -0.39 is 11.8 Å². The molecular weight excluding hydrogens is 404 g/mol. The summed E-state index contributed by atoms with van der Waals surface area (Å²) >= 11 is 0. The van der Waals surface area contributed by atoms with Crippen LogP contribution in [0.5, 0.6) is 5.75 Å². The van der Waals surface area contributed by atoms with Crippen LogP contribution in [0.3, 0.4) is 0 Å². The number of phenolic OH excluding ortho intramolecular Hbond substituents is 1. The first-order valence-electron chi connectivity index (χ1n) is 9.91. The van der Waals surface area contributed by atoms with Gasteiger partial charge in [0.1, 0.15) is 11.4 Å². The molecule has 0 unspecified atom stereocenters. The van der Waals surface area contributed by atoms with Gasteiger partial charge in [-0.2, -0.15) is 5.10 Å². The summed E-state index contributed by atoms with van der Waals surface area (Å²) in [6, 6.07) is 22.7. The Morgan fingerprint density at radius 1 is 0.906 bits per heavy atom. The van der Waals surface area contributed by atoms with Crippen LogP contribution in [0.25, 0.3) is 6.08 Å². The highest BCUT2D eigenvalue weighted by Gasteiger charge is 2.14. The van der Waals surface area contributed by atoms with Crippen molar-refractivity contribution in [3.05, 3.63) is 101 Å². The number of phenols is 1. The number of benzene rings is 3. The van der Waals surface area contributed by atoms with Gasteiger partial charge in [-0.3, -0.25) is 9.59 Å². The Hall–Kier alpha value is -4.39. The van der Waals surface area contributed by atoms with Crippen molar-refractivity contribution in [1.82, 2.24) is 10.7 Å². The molecular formula is C25H24N4O3. The van der Waals surface area contributed by atoms with E-state index >= 15 is 0 Å². The molecule has 0 spiro atoms. The number of nitrogens with one attached hydrogen (secondary N) is 2. The number of carbonyl (C=O) groups excluding carboxylic acids is 2. The smallest absolute Gasteiger partial charge is 0.287 e. The van der Waals surface area contributed by atoms with Crippen molar-refractivity contribution >= 4 is 29.8 Å². The summed E-state index contributed by atoms with van der Waals surface area (Å²) in [5.74, 6) is -0.973. The van der Waals surface area contributed by atoms with Crippen LogP contribution >= 0.6 is 0 Å². The Morgan fingerprint density at radius 2 is 1.56 bits per heavy atom. The topological polar surface area (TPSA) is 94.0 Å². The van der Waals surface area contributed by atoms with Crippen LogP contribution in [0.4, 0.5) is 5.69 Å². The van der Waals surface area contributed by atoms with Crippen molar-refractivity contribution in [1.29, 1.82) is 0 Å². The van der Waals surface area contributed by atoms with Gasteiger partial charge >= 0.3 is 0 Å². The number of nitrogens with zero attached hydrogens (tertiary/aromatic N) is 2. The monoisotopic (exact) mass is 428 g/mol. The summed E-state index contributed by atoms with van der Waals surface area (Å²) in [5, 5.41) is 16.4. The Balaban J connectivity index is 1.82.